The zero-order valence-electron chi connectivity index (χ0n) is 11.8. The number of para-hydroxylation sites is 1. The Hall–Kier alpha value is -2.94. The van der Waals surface area contributed by atoms with Crippen molar-refractivity contribution in [3.8, 4) is 0 Å². The summed E-state index contributed by atoms with van der Waals surface area (Å²) in [4.78, 5) is 16.9. The quantitative estimate of drug-likeness (QED) is 0.914. The number of carbonyl (C=O) groups excluding carboxylic acids is 1. The predicted molar refractivity (Wildman–Crippen MR) is 86.3 cm³/mol. The molecule has 22 heavy (non-hydrogen) atoms. The molecule has 0 aliphatic heterocycles. The summed E-state index contributed by atoms with van der Waals surface area (Å²) in [6.07, 6.45) is 8.89. The number of hydrogen-bond donors (Lipinski definition) is 1. The maximum Gasteiger partial charge on any atom is 0.256 e. The highest BCUT2D eigenvalue weighted by Crippen LogP contribution is 2.51. The minimum atomic E-state index is -0.0721. The third-order valence-corrected chi connectivity index (χ3v) is 4.36. The van der Waals surface area contributed by atoms with Gasteiger partial charge in [-0.3, -0.25) is 9.78 Å². The molecular formula is C19H12N2O. The van der Waals surface area contributed by atoms with Crippen molar-refractivity contribution in [1.29, 1.82) is 0 Å². The van der Waals surface area contributed by atoms with Crippen molar-refractivity contribution >= 4 is 22.5 Å². The van der Waals surface area contributed by atoms with E-state index in [9.17, 15) is 4.79 Å². The Morgan fingerprint density at radius 3 is 3.00 bits per heavy atom. The number of allylic oxidation sites excluding steroid dienone is 6. The summed E-state index contributed by atoms with van der Waals surface area (Å²) < 4.78 is 0. The van der Waals surface area contributed by atoms with Crippen molar-refractivity contribution in [3.63, 3.8) is 0 Å². The Labute approximate surface area is 127 Å². The topological polar surface area (TPSA) is 42.0 Å². The molecule has 5 rings (SSSR count). The van der Waals surface area contributed by atoms with E-state index in [1.54, 1.807) is 6.20 Å². The van der Waals surface area contributed by atoms with Crippen LogP contribution in [0.25, 0.3) is 10.9 Å². The zero-order valence-corrected chi connectivity index (χ0v) is 11.8. The number of benzene rings is 1. The van der Waals surface area contributed by atoms with Crippen LogP contribution in [0, 0.1) is 0 Å². The summed E-state index contributed by atoms with van der Waals surface area (Å²) >= 11 is 0. The second kappa shape index (κ2) is 4.04. The summed E-state index contributed by atoms with van der Waals surface area (Å²) in [5, 5.41) is 3.98. The third-order valence-electron chi connectivity index (χ3n) is 4.36. The fourth-order valence-electron chi connectivity index (χ4n) is 3.17. The van der Waals surface area contributed by atoms with Gasteiger partial charge in [-0.05, 0) is 53.0 Å². The van der Waals surface area contributed by atoms with E-state index in [1.165, 1.54) is 16.7 Å². The van der Waals surface area contributed by atoms with Gasteiger partial charge in [-0.15, -0.1) is 0 Å². The van der Waals surface area contributed by atoms with Gasteiger partial charge in [0.2, 0.25) is 0 Å². The van der Waals surface area contributed by atoms with E-state index in [-0.39, 0.29) is 5.91 Å². The number of fused-ring (bicyclic) bond motifs is 3. The molecule has 1 aromatic heterocycles. The maximum atomic E-state index is 12.5. The molecule has 3 aliphatic rings. The molecule has 1 saturated carbocycles. The van der Waals surface area contributed by atoms with Crippen LogP contribution >= 0.6 is 0 Å². The number of nitrogens with one attached hydrogen (secondary N) is 1. The van der Waals surface area contributed by atoms with Crippen LogP contribution in [0.15, 0.2) is 82.6 Å². The van der Waals surface area contributed by atoms with E-state index in [0.29, 0.717) is 0 Å². The first kappa shape index (κ1) is 11.7. The van der Waals surface area contributed by atoms with Crippen molar-refractivity contribution < 1.29 is 4.79 Å². The molecule has 3 nitrogen and oxygen atoms in total. The molecule has 1 heterocycles. The average Bonchev–Trinajstić information content (AvgIpc) is 3.02. The SMILES string of the molecule is O=C(Nc1cnc2ccccc2c1)C1=C2C=C3CC3=C2C=C1. The van der Waals surface area contributed by atoms with E-state index in [2.05, 4.69) is 22.5 Å². The highest BCUT2D eigenvalue weighted by atomic mass is 16.1. The van der Waals surface area contributed by atoms with E-state index in [1.807, 2.05) is 36.4 Å². The van der Waals surface area contributed by atoms with Gasteiger partial charge < -0.3 is 5.32 Å². The summed E-state index contributed by atoms with van der Waals surface area (Å²) in [7, 11) is 0. The van der Waals surface area contributed by atoms with Crippen molar-refractivity contribution in [2.75, 3.05) is 5.32 Å². The second-order valence-corrected chi connectivity index (χ2v) is 5.77. The normalized spacial score (nSPS) is 17.7. The number of amides is 1. The van der Waals surface area contributed by atoms with Gasteiger partial charge in [0.15, 0.2) is 0 Å². The predicted octanol–water partition coefficient (Wildman–Crippen LogP) is 3.68. The van der Waals surface area contributed by atoms with Crippen LogP contribution in [0.5, 0.6) is 0 Å². The van der Waals surface area contributed by atoms with Crippen LogP contribution in [-0.4, -0.2) is 10.9 Å². The molecule has 0 saturated heterocycles. The minimum absolute atomic E-state index is 0.0721. The minimum Gasteiger partial charge on any atom is -0.321 e. The highest BCUT2D eigenvalue weighted by molar-refractivity contribution is 6.09. The van der Waals surface area contributed by atoms with Crippen LogP contribution in [-0.2, 0) is 4.79 Å². The van der Waals surface area contributed by atoms with Gasteiger partial charge in [-0.2, -0.15) is 0 Å². The second-order valence-electron chi connectivity index (χ2n) is 5.77. The molecule has 0 spiro atoms. The van der Waals surface area contributed by atoms with E-state index in [0.717, 1.165) is 34.2 Å². The summed E-state index contributed by atoms with van der Waals surface area (Å²) in [6.45, 7) is 0. The van der Waals surface area contributed by atoms with Crippen LogP contribution in [0.3, 0.4) is 0 Å². The Balaban J connectivity index is 1.47. The average molecular weight is 284 g/mol. The molecule has 3 heteroatoms. The highest BCUT2D eigenvalue weighted by Gasteiger charge is 2.35. The van der Waals surface area contributed by atoms with Gasteiger partial charge in [-0.25, -0.2) is 0 Å². The van der Waals surface area contributed by atoms with Gasteiger partial charge >= 0.3 is 0 Å². The van der Waals surface area contributed by atoms with E-state index < -0.39 is 0 Å². The van der Waals surface area contributed by atoms with Crippen molar-refractivity contribution in [2.45, 2.75) is 6.42 Å². The molecule has 3 aliphatic carbocycles. The fourth-order valence-corrected chi connectivity index (χ4v) is 3.17. The van der Waals surface area contributed by atoms with Crippen molar-refractivity contribution in [3.05, 3.63) is 82.6 Å². The number of hydrogen-bond acceptors (Lipinski definition) is 2. The van der Waals surface area contributed by atoms with Gasteiger partial charge in [-0.1, -0.05) is 24.3 Å². The Kier molecular flexibility index (Phi) is 2.15. The molecule has 2 aromatic rings. The van der Waals surface area contributed by atoms with Crippen LogP contribution in [0.4, 0.5) is 5.69 Å². The molecule has 0 atom stereocenters. The largest absolute Gasteiger partial charge is 0.321 e. The van der Waals surface area contributed by atoms with Crippen LogP contribution in [0.2, 0.25) is 0 Å². The first-order valence-corrected chi connectivity index (χ1v) is 7.32. The van der Waals surface area contributed by atoms with Gasteiger partial charge in [0.1, 0.15) is 0 Å². The number of rotatable bonds is 2. The van der Waals surface area contributed by atoms with Crippen LogP contribution in [0.1, 0.15) is 6.42 Å². The zero-order chi connectivity index (χ0) is 14.7. The van der Waals surface area contributed by atoms with Crippen molar-refractivity contribution in [1.82, 2.24) is 4.98 Å². The number of pyridine rings is 1. The molecule has 1 fully saturated rings. The molecule has 0 radical (unpaired) electrons. The molecule has 0 bridgehead atoms. The lowest BCUT2D eigenvalue weighted by Crippen LogP contribution is -2.14. The molecule has 1 N–H and O–H groups in total. The standard InChI is InChI=1S/C19H12N2O/c22-19(15-6-5-14-16-8-12(16)9-17(14)15)21-13-7-11-3-1-2-4-18(11)20-10-13/h1-7,9-10H,8H2,(H,21,22). The lowest BCUT2D eigenvalue weighted by Gasteiger charge is -2.07. The number of aromatic nitrogens is 1. The smallest absolute Gasteiger partial charge is 0.256 e. The Morgan fingerprint density at radius 1 is 1.14 bits per heavy atom. The van der Waals surface area contributed by atoms with Crippen molar-refractivity contribution in [2.24, 2.45) is 0 Å². The van der Waals surface area contributed by atoms with E-state index in [4.69, 9.17) is 0 Å². The van der Waals surface area contributed by atoms with E-state index >= 15 is 0 Å². The van der Waals surface area contributed by atoms with Gasteiger partial charge in [0, 0.05) is 11.0 Å². The molecule has 1 aromatic carbocycles. The summed E-state index contributed by atoms with van der Waals surface area (Å²) in [5.41, 5.74) is 7.49. The molecule has 0 unspecified atom stereocenters. The first-order valence-electron chi connectivity index (χ1n) is 7.32. The molecule has 1 amide bonds. The Bertz CT molecular complexity index is 989. The lowest BCUT2D eigenvalue weighted by molar-refractivity contribution is -0.112. The number of nitrogens with zero attached hydrogens (tertiary/aromatic N) is 1. The summed E-state index contributed by atoms with van der Waals surface area (Å²) in [6, 6.07) is 9.83. The molecular weight excluding hydrogens is 272 g/mol. The lowest BCUT2D eigenvalue weighted by atomic mass is 10.1. The van der Waals surface area contributed by atoms with Crippen LogP contribution < -0.4 is 5.32 Å². The Morgan fingerprint density at radius 2 is 2.05 bits per heavy atom. The fraction of sp³-hybridized carbons (Fsp3) is 0.0526. The monoisotopic (exact) mass is 284 g/mol. The van der Waals surface area contributed by atoms with Gasteiger partial charge in [0.25, 0.3) is 5.91 Å². The molecule has 104 valence electrons. The summed E-state index contributed by atoms with van der Waals surface area (Å²) in [5.74, 6) is -0.0721. The first-order chi connectivity index (χ1) is 10.8. The number of carbonyl (C=O) groups is 1. The maximum absolute atomic E-state index is 12.5. The number of anilines is 1. The van der Waals surface area contributed by atoms with Gasteiger partial charge in [0.05, 0.1) is 17.4 Å². The third kappa shape index (κ3) is 1.62.